The summed E-state index contributed by atoms with van der Waals surface area (Å²) in [6.07, 6.45) is 5.26. The molecule has 20 heavy (non-hydrogen) atoms. The summed E-state index contributed by atoms with van der Waals surface area (Å²) in [5.74, 6) is -0.433. The Kier molecular flexibility index (Phi) is 4.89. The lowest BCUT2D eigenvalue weighted by molar-refractivity contribution is -0.141. The Morgan fingerprint density at radius 1 is 1.25 bits per heavy atom. The summed E-state index contributed by atoms with van der Waals surface area (Å²) in [7, 11) is 0. The summed E-state index contributed by atoms with van der Waals surface area (Å²) < 4.78 is 0. The van der Waals surface area contributed by atoms with Crippen molar-refractivity contribution in [3.05, 3.63) is 0 Å². The van der Waals surface area contributed by atoms with E-state index >= 15 is 0 Å². The second kappa shape index (κ2) is 6.46. The number of carbonyl (C=O) groups is 2. The average Bonchev–Trinajstić information content (AvgIpc) is 3.08. The zero-order chi connectivity index (χ0) is 14.7. The van der Waals surface area contributed by atoms with Crippen molar-refractivity contribution in [2.75, 3.05) is 6.54 Å². The summed E-state index contributed by atoms with van der Waals surface area (Å²) in [5.41, 5.74) is 0. The van der Waals surface area contributed by atoms with Gasteiger partial charge in [0.15, 0.2) is 0 Å². The minimum atomic E-state index is -0.736. The SMILES string of the molecule is CC(C)CCN(C(=O)N[C@H]1CC[C@@H](C(=O)O)C1)C1CC1. The molecule has 0 saturated heterocycles. The molecular formula is C15H26N2O3. The molecule has 2 aliphatic rings. The van der Waals surface area contributed by atoms with Gasteiger partial charge < -0.3 is 15.3 Å². The Morgan fingerprint density at radius 2 is 1.95 bits per heavy atom. The number of hydrogen-bond acceptors (Lipinski definition) is 2. The van der Waals surface area contributed by atoms with Crippen molar-refractivity contribution >= 4 is 12.0 Å². The number of hydrogen-bond donors (Lipinski definition) is 2. The molecule has 0 aromatic carbocycles. The van der Waals surface area contributed by atoms with E-state index in [2.05, 4.69) is 19.2 Å². The van der Waals surface area contributed by atoms with Gasteiger partial charge in [0.1, 0.15) is 0 Å². The standard InChI is InChI=1S/C15H26N2O3/c1-10(2)7-8-17(13-5-6-13)15(20)16-12-4-3-11(9-12)14(18)19/h10-13H,3-9H2,1-2H3,(H,16,20)(H,18,19)/t11-,12+/m1/s1. The zero-order valence-corrected chi connectivity index (χ0v) is 12.5. The molecule has 0 aromatic rings. The van der Waals surface area contributed by atoms with Gasteiger partial charge >= 0.3 is 12.0 Å². The van der Waals surface area contributed by atoms with Gasteiger partial charge in [0.2, 0.25) is 0 Å². The Morgan fingerprint density at radius 3 is 2.45 bits per heavy atom. The number of carbonyl (C=O) groups excluding carboxylic acids is 1. The summed E-state index contributed by atoms with van der Waals surface area (Å²) in [4.78, 5) is 25.2. The number of aliphatic carboxylic acids is 1. The Balaban J connectivity index is 1.81. The van der Waals surface area contributed by atoms with Crippen LogP contribution in [0.25, 0.3) is 0 Å². The van der Waals surface area contributed by atoms with E-state index in [0.717, 1.165) is 32.2 Å². The number of amides is 2. The van der Waals surface area contributed by atoms with Crippen LogP contribution in [0.15, 0.2) is 0 Å². The molecule has 0 bridgehead atoms. The number of nitrogens with zero attached hydrogens (tertiary/aromatic N) is 1. The molecule has 114 valence electrons. The van der Waals surface area contributed by atoms with Crippen LogP contribution in [0.2, 0.25) is 0 Å². The van der Waals surface area contributed by atoms with Crippen LogP contribution in [-0.4, -0.2) is 40.6 Å². The largest absolute Gasteiger partial charge is 0.481 e. The number of urea groups is 1. The van der Waals surface area contributed by atoms with Crippen molar-refractivity contribution in [3.63, 3.8) is 0 Å². The first-order valence-electron chi connectivity index (χ1n) is 7.77. The lowest BCUT2D eigenvalue weighted by Gasteiger charge is -2.25. The van der Waals surface area contributed by atoms with E-state index in [1.54, 1.807) is 0 Å². The third kappa shape index (κ3) is 4.12. The molecule has 2 atom stereocenters. The first-order chi connectivity index (χ1) is 9.47. The quantitative estimate of drug-likeness (QED) is 0.786. The fourth-order valence-electron chi connectivity index (χ4n) is 2.83. The van der Waals surface area contributed by atoms with Crippen molar-refractivity contribution in [1.82, 2.24) is 10.2 Å². The van der Waals surface area contributed by atoms with Crippen molar-refractivity contribution in [2.24, 2.45) is 11.8 Å². The molecule has 0 radical (unpaired) electrons. The molecule has 2 N–H and O–H groups in total. The number of nitrogens with one attached hydrogen (secondary N) is 1. The number of carboxylic acids is 1. The molecule has 2 fully saturated rings. The maximum Gasteiger partial charge on any atom is 0.317 e. The third-order valence-electron chi connectivity index (χ3n) is 4.31. The highest BCUT2D eigenvalue weighted by Gasteiger charge is 2.35. The fourth-order valence-corrected chi connectivity index (χ4v) is 2.83. The summed E-state index contributed by atoms with van der Waals surface area (Å²) in [5, 5.41) is 12.0. The molecule has 2 saturated carbocycles. The van der Waals surface area contributed by atoms with Gasteiger partial charge in [-0.05, 0) is 44.4 Å². The highest BCUT2D eigenvalue weighted by molar-refractivity contribution is 5.76. The second-order valence-corrected chi connectivity index (χ2v) is 6.60. The van der Waals surface area contributed by atoms with E-state index in [1.807, 2.05) is 4.90 Å². The van der Waals surface area contributed by atoms with Gasteiger partial charge in [-0.25, -0.2) is 4.79 Å². The summed E-state index contributed by atoms with van der Waals surface area (Å²) in [6.45, 7) is 5.14. The van der Waals surface area contributed by atoms with Crippen molar-refractivity contribution in [2.45, 2.75) is 64.5 Å². The molecule has 0 unspecified atom stereocenters. The zero-order valence-electron chi connectivity index (χ0n) is 12.5. The summed E-state index contributed by atoms with van der Waals surface area (Å²) in [6, 6.07) is 0.443. The highest BCUT2D eigenvalue weighted by atomic mass is 16.4. The minimum absolute atomic E-state index is 0.00388. The predicted octanol–water partition coefficient (Wildman–Crippen LogP) is 2.46. The van der Waals surface area contributed by atoms with Gasteiger partial charge in [0, 0.05) is 18.6 Å². The molecule has 0 aromatic heterocycles. The maximum atomic E-state index is 12.3. The molecule has 0 aliphatic heterocycles. The van der Waals surface area contributed by atoms with E-state index in [-0.39, 0.29) is 18.0 Å². The normalized spacial score (nSPS) is 25.8. The lowest BCUT2D eigenvalue weighted by atomic mass is 10.1. The second-order valence-electron chi connectivity index (χ2n) is 6.60. The van der Waals surface area contributed by atoms with Crippen LogP contribution in [0.3, 0.4) is 0 Å². The van der Waals surface area contributed by atoms with Crippen LogP contribution < -0.4 is 5.32 Å². The monoisotopic (exact) mass is 282 g/mol. The van der Waals surface area contributed by atoms with Crippen LogP contribution in [0, 0.1) is 11.8 Å². The van der Waals surface area contributed by atoms with E-state index in [9.17, 15) is 9.59 Å². The first kappa shape index (κ1) is 15.1. The Labute approximate surface area is 120 Å². The van der Waals surface area contributed by atoms with E-state index in [4.69, 9.17) is 5.11 Å². The summed E-state index contributed by atoms with van der Waals surface area (Å²) >= 11 is 0. The van der Waals surface area contributed by atoms with Crippen molar-refractivity contribution in [3.8, 4) is 0 Å². The molecule has 2 amide bonds. The topological polar surface area (TPSA) is 69.6 Å². The van der Waals surface area contributed by atoms with Crippen LogP contribution >= 0.6 is 0 Å². The highest BCUT2D eigenvalue weighted by Crippen LogP contribution is 2.29. The Bertz CT molecular complexity index is 366. The average molecular weight is 282 g/mol. The Hall–Kier alpha value is -1.26. The van der Waals surface area contributed by atoms with Crippen molar-refractivity contribution < 1.29 is 14.7 Å². The van der Waals surface area contributed by atoms with E-state index < -0.39 is 5.97 Å². The molecule has 0 heterocycles. The lowest BCUT2D eigenvalue weighted by Crippen LogP contribution is -2.45. The number of carboxylic acid groups (broad SMARTS) is 1. The molecule has 0 spiro atoms. The fraction of sp³-hybridized carbons (Fsp3) is 0.867. The van der Waals surface area contributed by atoms with E-state index in [1.165, 1.54) is 0 Å². The molecule has 2 aliphatic carbocycles. The van der Waals surface area contributed by atoms with Gasteiger partial charge in [-0.15, -0.1) is 0 Å². The third-order valence-corrected chi connectivity index (χ3v) is 4.31. The van der Waals surface area contributed by atoms with Crippen LogP contribution in [-0.2, 0) is 4.79 Å². The molecule has 2 rings (SSSR count). The van der Waals surface area contributed by atoms with Gasteiger partial charge in [-0.1, -0.05) is 13.8 Å². The minimum Gasteiger partial charge on any atom is -0.481 e. The van der Waals surface area contributed by atoms with Crippen molar-refractivity contribution in [1.29, 1.82) is 0 Å². The molecule has 5 heteroatoms. The van der Waals surface area contributed by atoms with Crippen LogP contribution in [0.4, 0.5) is 4.79 Å². The van der Waals surface area contributed by atoms with Crippen LogP contribution in [0.1, 0.15) is 52.4 Å². The van der Waals surface area contributed by atoms with Gasteiger partial charge in [-0.3, -0.25) is 4.79 Å². The maximum absolute atomic E-state index is 12.3. The van der Waals surface area contributed by atoms with Gasteiger partial charge in [-0.2, -0.15) is 0 Å². The van der Waals surface area contributed by atoms with Gasteiger partial charge in [0.05, 0.1) is 5.92 Å². The van der Waals surface area contributed by atoms with Crippen LogP contribution in [0.5, 0.6) is 0 Å². The van der Waals surface area contributed by atoms with E-state index in [0.29, 0.717) is 24.8 Å². The molecule has 5 nitrogen and oxygen atoms in total. The molecular weight excluding hydrogens is 256 g/mol. The predicted molar refractivity (Wildman–Crippen MR) is 76.5 cm³/mol. The smallest absolute Gasteiger partial charge is 0.317 e. The number of rotatable bonds is 6. The van der Waals surface area contributed by atoms with Gasteiger partial charge in [0.25, 0.3) is 0 Å². The first-order valence-corrected chi connectivity index (χ1v) is 7.77.